The van der Waals surface area contributed by atoms with Crippen molar-refractivity contribution in [2.45, 2.75) is 37.5 Å². The van der Waals surface area contributed by atoms with Gasteiger partial charge in [-0.2, -0.15) is 4.98 Å². The Kier molecular flexibility index (Phi) is 7.35. The summed E-state index contributed by atoms with van der Waals surface area (Å²) in [5, 5.41) is 8.29. The highest BCUT2D eigenvalue weighted by atomic mass is 32.2. The molecule has 0 aliphatic rings. The molecule has 0 saturated heterocycles. The van der Waals surface area contributed by atoms with Crippen LogP contribution in [0.4, 0.5) is 4.79 Å². The Balaban J connectivity index is 1.90. The number of aromatic nitrogens is 2. The molecule has 0 aliphatic heterocycles. The number of ether oxygens (including phenoxy) is 1. The van der Waals surface area contributed by atoms with Crippen LogP contribution in [0, 0.1) is 6.92 Å². The van der Waals surface area contributed by atoms with E-state index in [1.54, 1.807) is 45.0 Å². The molecule has 144 valence electrons. The van der Waals surface area contributed by atoms with Crippen LogP contribution in [0.5, 0.6) is 0 Å². The number of carbonyl (C=O) groups excluding carboxylic acids is 3. The smallest absolute Gasteiger partial charge is 0.339 e. The number of imide groups is 1. The van der Waals surface area contributed by atoms with Gasteiger partial charge in [0.15, 0.2) is 12.4 Å². The summed E-state index contributed by atoms with van der Waals surface area (Å²) in [6.07, 6.45) is 0. The molecular weight excluding hydrogens is 372 g/mol. The van der Waals surface area contributed by atoms with Crippen LogP contribution in [0.3, 0.4) is 0 Å². The number of hydrogen-bond acceptors (Lipinski definition) is 8. The molecule has 1 heterocycles. The van der Waals surface area contributed by atoms with Gasteiger partial charge in [0.1, 0.15) is 0 Å². The predicted molar refractivity (Wildman–Crippen MR) is 97.1 cm³/mol. The van der Waals surface area contributed by atoms with Gasteiger partial charge in [0.05, 0.1) is 11.3 Å². The van der Waals surface area contributed by atoms with Crippen LogP contribution in [0.15, 0.2) is 33.7 Å². The number of nitrogens with one attached hydrogen (secondary N) is 2. The second-order valence-corrected chi connectivity index (χ2v) is 6.79. The van der Waals surface area contributed by atoms with Crippen molar-refractivity contribution >= 4 is 29.7 Å². The van der Waals surface area contributed by atoms with Crippen molar-refractivity contribution in [1.29, 1.82) is 0 Å². The number of esters is 1. The van der Waals surface area contributed by atoms with Crippen molar-refractivity contribution in [3.05, 3.63) is 41.5 Å². The summed E-state index contributed by atoms with van der Waals surface area (Å²) in [7, 11) is 0. The molecule has 1 aromatic heterocycles. The van der Waals surface area contributed by atoms with Crippen LogP contribution in [-0.4, -0.2) is 40.7 Å². The van der Waals surface area contributed by atoms with E-state index in [4.69, 9.17) is 9.26 Å². The number of urea groups is 1. The Morgan fingerprint density at radius 1 is 1.26 bits per heavy atom. The predicted octanol–water partition coefficient (Wildman–Crippen LogP) is 2.06. The van der Waals surface area contributed by atoms with Gasteiger partial charge in [-0.15, -0.1) is 11.8 Å². The van der Waals surface area contributed by atoms with Crippen molar-refractivity contribution in [1.82, 2.24) is 20.8 Å². The zero-order valence-corrected chi connectivity index (χ0v) is 16.0. The van der Waals surface area contributed by atoms with Crippen LogP contribution in [-0.2, 0) is 15.3 Å². The monoisotopic (exact) mass is 392 g/mol. The van der Waals surface area contributed by atoms with Gasteiger partial charge in [-0.05, 0) is 32.9 Å². The minimum atomic E-state index is -0.715. The lowest BCUT2D eigenvalue weighted by molar-refractivity contribution is -0.123. The molecule has 0 unspecified atom stereocenters. The van der Waals surface area contributed by atoms with Crippen LogP contribution in [0.1, 0.15) is 35.9 Å². The molecule has 0 radical (unpaired) electrons. The first kappa shape index (κ1) is 20.4. The summed E-state index contributed by atoms with van der Waals surface area (Å²) < 4.78 is 10.0. The van der Waals surface area contributed by atoms with Gasteiger partial charge < -0.3 is 14.6 Å². The van der Waals surface area contributed by atoms with Gasteiger partial charge in [0.2, 0.25) is 5.89 Å². The van der Waals surface area contributed by atoms with E-state index >= 15 is 0 Å². The minimum Gasteiger partial charge on any atom is -0.452 e. The number of nitrogens with zero attached hydrogens (tertiary/aromatic N) is 2. The van der Waals surface area contributed by atoms with E-state index in [1.165, 1.54) is 11.8 Å². The van der Waals surface area contributed by atoms with Gasteiger partial charge in [-0.3, -0.25) is 10.1 Å². The zero-order chi connectivity index (χ0) is 19.8. The third kappa shape index (κ3) is 6.74. The molecule has 27 heavy (non-hydrogen) atoms. The Morgan fingerprint density at radius 3 is 2.67 bits per heavy atom. The second kappa shape index (κ2) is 9.72. The van der Waals surface area contributed by atoms with Crippen LogP contribution < -0.4 is 10.6 Å². The maximum absolute atomic E-state index is 12.3. The fraction of sp³-hybridized carbons (Fsp3) is 0.353. The van der Waals surface area contributed by atoms with E-state index in [0.29, 0.717) is 27.9 Å². The summed E-state index contributed by atoms with van der Waals surface area (Å²) in [5.74, 6) is -0.0183. The van der Waals surface area contributed by atoms with Crippen LogP contribution >= 0.6 is 11.8 Å². The minimum absolute atomic E-state index is 0.119. The third-order valence-corrected chi connectivity index (χ3v) is 4.09. The highest BCUT2D eigenvalue weighted by Gasteiger charge is 2.16. The molecule has 0 aliphatic carbocycles. The molecule has 10 heteroatoms. The SMILES string of the molecule is Cc1noc(CSc2ccccc2C(=O)OCC(=O)NC(=O)NC(C)C)n1. The van der Waals surface area contributed by atoms with E-state index in [1.807, 2.05) is 0 Å². The first-order chi connectivity index (χ1) is 12.8. The third-order valence-electron chi connectivity index (χ3n) is 3.03. The summed E-state index contributed by atoms with van der Waals surface area (Å²) in [4.78, 5) is 40.2. The fourth-order valence-corrected chi connectivity index (χ4v) is 2.85. The molecule has 0 atom stereocenters. The maximum atomic E-state index is 12.3. The van der Waals surface area contributed by atoms with E-state index in [2.05, 4.69) is 20.8 Å². The van der Waals surface area contributed by atoms with Crippen molar-refractivity contribution in [3.8, 4) is 0 Å². The fourth-order valence-electron chi connectivity index (χ4n) is 1.97. The standard InChI is InChI=1S/C17H20N4O5S/c1-10(2)18-17(24)20-14(22)8-25-16(23)12-6-4-5-7-13(12)27-9-15-19-11(3)21-26-15/h4-7,10H,8-9H2,1-3H3,(H2,18,20,22,24). The van der Waals surface area contributed by atoms with Gasteiger partial charge in [-0.1, -0.05) is 17.3 Å². The molecule has 0 fully saturated rings. The maximum Gasteiger partial charge on any atom is 0.339 e. The molecule has 0 saturated carbocycles. The van der Waals surface area contributed by atoms with Crippen molar-refractivity contribution in [2.75, 3.05) is 6.61 Å². The van der Waals surface area contributed by atoms with Crippen LogP contribution in [0.2, 0.25) is 0 Å². The van der Waals surface area contributed by atoms with Crippen molar-refractivity contribution < 1.29 is 23.6 Å². The molecule has 1 aromatic carbocycles. The first-order valence-electron chi connectivity index (χ1n) is 8.13. The number of rotatable bonds is 7. The van der Waals surface area contributed by atoms with Crippen LogP contribution in [0.25, 0.3) is 0 Å². The zero-order valence-electron chi connectivity index (χ0n) is 15.1. The number of amides is 3. The number of thioether (sulfide) groups is 1. The lowest BCUT2D eigenvalue weighted by Gasteiger charge is -2.10. The van der Waals surface area contributed by atoms with Crippen molar-refractivity contribution in [3.63, 3.8) is 0 Å². The largest absolute Gasteiger partial charge is 0.452 e. The first-order valence-corrected chi connectivity index (χ1v) is 9.12. The van der Waals surface area contributed by atoms with E-state index in [0.717, 1.165) is 0 Å². The van der Waals surface area contributed by atoms with Crippen molar-refractivity contribution in [2.24, 2.45) is 0 Å². The molecule has 0 bridgehead atoms. The summed E-state index contributed by atoms with van der Waals surface area (Å²) in [6.45, 7) is 4.67. The van der Waals surface area contributed by atoms with E-state index < -0.39 is 24.5 Å². The Morgan fingerprint density at radius 2 is 2.00 bits per heavy atom. The van der Waals surface area contributed by atoms with E-state index in [-0.39, 0.29) is 6.04 Å². The highest BCUT2D eigenvalue weighted by molar-refractivity contribution is 7.98. The normalized spacial score (nSPS) is 10.5. The second-order valence-electron chi connectivity index (χ2n) is 5.77. The highest BCUT2D eigenvalue weighted by Crippen LogP contribution is 2.26. The summed E-state index contributed by atoms with van der Waals surface area (Å²) in [6, 6.07) is 6.05. The molecule has 2 aromatic rings. The number of carbonyl (C=O) groups is 3. The quantitative estimate of drug-likeness (QED) is 0.542. The Hall–Kier alpha value is -2.88. The summed E-state index contributed by atoms with van der Waals surface area (Å²) >= 11 is 1.33. The molecule has 3 amide bonds. The average Bonchev–Trinajstić information content (AvgIpc) is 3.02. The molecule has 0 spiro atoms. The molecule has 2 N–H and O–H groups in total. The van der Waals surface area contributed by atoms with Gasteiger partial charge in [-0.25, -0.2) is 9.59 Å². The molecular formula is C17H20N4O5S. The number of hydrogen-bond donors (Lipinski definition) is 2. The van der Waals surface area contributed by atoms with E-state index in [9.17, 15) is 14.4 Å². The molecule has 2 rings (SSSR count). The van der Waals surface area contributed by atoms with Gasteiger partial charge in [0, 0.05) is 10.9 Å². The topological polar surface area (TPSA) is 123 Å². The van der Waals surface area contributed by atoms with Gasteiger partial charge >= 0.3 is 12.0 Å². The lowest BCUT2D eigenvalue weighted by atomic mass is 10.2. The Bertz CT molecular complexity index is 821. The number of aryl methyl sites for hydroxylation is 1. The average molecular weight is 392 g/mol. The number of benzene rings is 1. The summed E-state index contributed by atoms with van der Waals surface area (Å²) in [5.41, 5.74) is 0.304. The lowest BCUT2D eigenvalue weighted by Crippen LogP contribution is -2.44. The molecule has 9 nitrogen and oxygen atoms in total. The Labute approximate surface area is 160 Å². The van der Waals surface area contributed by atoms with Gasteiger partial charge in [0.25, 0.3) is 5.91 Å².